The fourth-order valence-electron chi connectivity index (χ4n) is 3.92. The van der Waals surface area contributed by atoms with E-state index in [0.717, 1.165) is 28.2 Å². The van der Waals surface area contributed by atoms with E-state index in [9.17, 15) is 4.79 Å². The topological polar surface area (TPSA) is 66.5 Å². The Morgan fingerprint density at radius 1 is 0.844 bits per heavy atom. The molecule has 0 spiro atoms. The van der Waals surface area contributed by atoms with Gasteiger partial charge in [0.1, 0.15) is 28.7 Å². The lowest BCUT2D eigenvalue weighted by molar-refractivity contribution is -0.130. The number of carbonyl (C=O) groups excluding carboxylic acids is 1. The van der Waals surface area contributed by atoms with Gasteiger partial charge in [-0.25, -0.2) is 0 Å². The SMILES string of the molecule is COc1ccc(OC)c(CCC(=O)N2CC=C(c3c(OC)cc(OC)cc3OC)CC2)c1. The predicted octanol–water partition coefficient (Wildman–Crippen LogP) is 3.98. The number of benzene rings is 2. The average molecular weight is 442 g/mol. The molecule has 0 N–H and O–H groups in total. The summed E-state index contributed by atoms with van der Waals surface area (Å²) in [5.41, 5.74) is 2.96. The summed E-state index contributed by atoms with van der Waals surface area (Å²) >= 11 is 0. The molecule has 0 radical (unpaired) electrons. The number of hydrogen-bond acceptors (Lipinski definition) is 6. The lowest BCUT2D eigenvalue weighted by Crippen LogP contribution is -2.34. The molecule has 2 aromatic carbocycles. The smallest absolute Gasteiger partial charge is 0.223 e. The molecule has 1 heterocycles. The van der Waals surface area contributed by atoms with Gasteiger partial charge in [-0.15, -0.1) is 0 Å². The van der Waals surface area contributed by atoms with Crippen molar-refractivity contribution in [2.24, 2.45) is 0 Å². The molecule has 3 rings (SSSR count). The normalized spacial score (nSPS) is 13.3. The fourth-order valence-corrected chi connectivity index (χ4v) is 3.92. The van der Waals surface area contributed by atoms with E-state index >= 15 is 0 Å². The first-order valence-corrected chi connectivity index (χ1v) is 10.5. The van der Waals surface area contributed by atoms with Crippen molar-refractivity contribution < 1.29 is 28.5 Å². The molecule has 1 amide bonds. The number of methoxy groups -OCH3 is 5. The summed E-state index contributed by atoms with van der Waals surface area (Å²) in [6.45, 7) is 1.18. The first-order chi connectivity index (χ1) is 15.5. The molecule has 0 bridgehead atoms. The van der Waals surface area contributed by atoms with Crippen molar-refractivity contribution in [1.29, 1.82) is 0 Å². The summed E-state index contributed by atoms with van der Waals surface area (Å²) in [6.07, 6.45) is 3.78. The van der Waals surface area contributed by atoms with Crippen molar-refractivity contribution in [2.45, 2.75) is 19.3 Å². The fraction of sp³-hybridized carbons (Fsp3) is 0.400. The Morgan fingerprint density at radius 3 is 2.03 bits per heavy atom. The molecule has 0 unspecified atom stereocenters. The maximum atomic E-state index is 12.9. The van der Waals surface area contributed by atoms with E-state index in [1.54, 1.807) is 35.5 Å². The van der Waals surface area contributed by atoms with Crippen LogP contribution in [0.15, 0.2) is 36.4 Å². The minimum absolute atomic E-state index is 0.110. The Balaban J connectivity index is 1.70. The van der Waals surface area contributed by atoms with Crippen molar-refractivity contribution in [1.82, 2.24) is 4.90 Å². The zero-order valence-corrected chi connectivity index (χ0v) is 19.4. The minimum Gasteiger partial charge on any atom is -0.497 e. The highest BCUT2D eigenvalue weighted by atomic mass is 16.5. The van der Waals surface area contributed by atoms with Crippen LogP contribution in [0.3, 0.4) is 0 Å². The van der Waals surface area contributed by atoms with E-state index < -0.39 is 0 Å². The van der Waals surface area contributed by atoms with Gasteiger partial charge in [0.25, 0.3) is 0 Å². The molecule has 1 aliphatic rings. The maximum Gasteiger partial charge on any atom is 0.223 e. The second kappa shape index (κ2) is 10.8. The second-order valence-corrected chi connectivity index (χ2v) is 7.40. The first kappa shape index (κ1) is 23.3. The molecule has 0 saturated carbocycles. The highest BCUT2D eigenvalue weighted by Crippen LogP contribution is 2.41. The van der Waals surface area contributed by atoms with Crippen molar-refractivity contribution in [3.05, 3.63) is 47.5 Å². The molecular weight excluding hydrogens is 410 g/mol. The van der Waals surface area contributed by atoms with Gasteiger partial charge in [0.05, 0.1) is 41.1 Å². The highest BCUT2D eigenvalue weighted by molar-refractivity contribution is 5.81. The van der Waals surface area contributed by atoms with Gasteiger partial charge in [0, 0.05) is 31.6 Å². The summed E-state index contributed by atoms with van der Waals surface area (Å²) < 4.78 is 27.2. The summed E-state index contributed by atoms with van der Waals surface area (Å²) in [4.78, 5) is 14.7. The van der Waals surface area contributed by atoms with Gasteiger partial charge in [-0.3, -0.25) is 4.79 Å². The standard InChI is InChI=1S/C25H31NO6/c1-28-19-7-8-21(30-3)18(14-19)6-9-24(27)26-12-10-17(11-13-26)25-22(31-4)15-20(29-2)16-23(25)32-5/h7-8,10,14-16H,6,9,11-13H2,1-5H3. The van der Waals surface area contributed by atoms with Crippen LogP contribution in [0.25, 0.3) is 5.57 Å². The van der Waals surface area contributed by atoms with Gasteiger partial charge in [0.2, 0.25) is 5.91 Å². The van der Waals surface area contributed by atoms with Crippen LogP contribution in [0.5, 0.6) is 28.7 Å². The van der Waals surface area contributed by atoms with Gasteiger partial charge in [0.15, 0.2) is 0 Å². The Hall–Kier alpha value is -3.35. The van der Waals surface area contributed by atoms with Crippen LogP contribution in [-0.4, -0.2) is 59.4 Å². The number of nitrogens with zero attached hydrogens (tertiary/aromatic N) is 1. The van der Waals surface area contributed by atoms with Gasteiger partial charge in [-0.2, -0.15) is 0 Å². The van der Waals surface area contributed by atoms with E-state index in [1.165, 1.54) is 0 Å². The van der Waals surface area contributed by atoms with Crippen LogP contribution in [-0.2, 0) is 11.2 Å². The summed E-state index contributed by atoms with van der Waals surface area (Å²) in [6, 6.07) is 9.32. The van der Waals surface area contributed by atoms with Gasteiger partial charge >= 0.3 is 0 Å². The third-order valence-electron chi connectivity index (χ3n) is 5.69. The monoisotopic (exact) mass is 441 g/mol. The maximum absolute atomic E-state index is 12.9. The van der Waals surface area contributed by atoms with E-state index in [0.29, 0.717) is 49.6 Å². The lowest BCUT2D eigenvalue weighted by atomic mass is 9.96. The number of carbonyl (C=O) groups is 1. The minimum atomic E-state index is 0.110. The van der Waals surface area contributed by atoms with Gasteiger partial charge in [-0.05, 0) is 42.2 Å². The number of hydrogen-bond donors (Lipinski definition) is 0. The molecular formula is C25H31NO6. The Labute approximate surface area is 189 Å². The molecule has 7 heteroatoms. The summed E-state index contributed by atoms with van der Waals surface area (Å²) in [5.74, 6) is 3.68. The summed E-state index contributed by atoms with van der Waals surface area (Å²) in [7, 11) is 8.12. The third-order valence-corrected chi connectivity index (χ3v) is 5.69. The molecule has 0 fully saturated rings. The molecule has 0 aromatic heterocycles. The van der Waals surface area contributed by atoms with Crippen molar-refractivity contribution in [3.63, 3.8) is 0 Å². The zero-order chi connectivity index (χ0) is 23.1. The van der Waals surface area contributed by atoms with Crippen LogP contribution >= 0.6 is 0 Å². The molecule has 7 nitrogen and oxygen atoms in total. The molecule has 32 heavy (non-hydrogen) atoms. The van der Waals surface area contributed by atoms with Crippen LogP contribution < -0.4 is 23.7 Å². The number of aryl methyl sites for hydroxylation is 1. The Morgan fingerprint density at radius 2 is 1.50 bits per heavy atom. The van der Waals surface area contributed by atoms with Crippen molar-refractivity contribution >= 4 is 11.5 Å². The number of ether oxygens (including phenoxy) is 5. The average Bonchev–Trinajstić information content (AvgIpc) is 2.86. The van der Waals surface area contributed by atoms with Crippen LogP contribution in [0.4, 0.5) is 0 Å². The third kappa shape index (κ3) is 5.10. The van der Waals surface area contributed by atoms with E-state index in [2.05, 4.69) is 6.08 Å². The van der Waals surface area contributed by atoms with Crippen molar-refractivity contribution in [2.75, 3.05) is 48.6 Å². The largest absolute Gasteiger partial charge is 0.497 e. The number of rotatable bonds is 9. The number of amides is 1. The second-order valence-electron chi connectivity index (χ2n) is 7.40. The Kier molecular flexibility index (Phi) is 7.87. The molecule has 172 valence electrons. The lowest BCUT2D eigenvalue weighted by Gasteiger charge is -2.28. The highest BCUT2D eigenvalue weighted by Gasteiger charge is 2.23. The molecule has 0 aliphatic carbocycles. The predicted molar refractivity (Wildman–Crippen MR) is 123 cm³/mol. The molecule has 0 saturated heterocycles. The van der Waals surface area contributed by atoms with Crippen LogP contribution in [0.1, 0.15) is 24.0 Å². The molecule has 1 aliphatic heterocycles. The van der Waals surface area contributed by atoms with Gasteiger partial charge < -0.3 is 28.6 Å². The first-order valence-electron chi connectivity index (χ1n) is 10.5. The van der Waals surface area contributed by atoms with Crippen LogP contribution in [0.2, 0.25) is 0 Å². The van der Waals surface area contributed by atoms with E-state index in [1.807, 2.05) is 35.2 Å². The van der Waals surface area contributed by atoms with E-state index in [-0.39, 0.29) is 5.91 Å². The van der Waals surface area contributed by atoms with Crippen LogP contribution in [0, 0.1) is 0 Å². The molecule has 2 aromatic rings. The summed E-state index contributed by atoms with van der Waals surface area (Å²) in [5, 5.41) is 0. The zero-order valence-electron chi connectivity index (χ0n) is 19.4. The quantitative estimate of drug-likeness (QED) is 0.587. The van der Waals surface area contributed by atoms with E-state index in [4.69, 9.17) is 23.7 Å². The van der Waals surface area contributed by atoms with Gasteiger partial charge in [-0.1, -0.05) is 6.08 Å². The van der Waals surface area contributed by atoms with Crippen molar-refractivity contribution in [3.8, 4) is 28.7 Å². The Bertz CT molecular complexity index is 959. The molecule has 0 atom stereocenters.